The maximum atomic E-state index is 9.76. The van der Waals surface area contributed by atoms with Crippen molar-refractivity contribution in [1.29, 1.82) is 0 Å². The average molecular weight is 261 g/mol. The molecule has 4 nitrogen and oxygen atoms in total. The van der Waals surface area contributed by atoms with E-state index in [0.717, 1.165) is 13.0 Å². The van der Waals surface area contributed by atoms with Gasteiger partial charge in [0.05, 0.1) is 19.3 Å². The fourth-order valence-corrected chi connectivity index (χ4v) is 1.94. The van der Waals surface area contributed by atoms with Gasteiger partial charge in [0.15, 0.2) is 0 Å². The van der Waals surface area contributed by atoms with Crippen LogP contribution in [-0.4, -0.2) is 61.2 Å². The highest BCUT2D eigenvalue weighted by molar-refractivity contribution is 4.62. The summed E-state index contributed by atoms with van der Waals surface area (Å²) in [6.45, 7) is 6.79. The van der Waals surface area contributed by atoms with E-state index in [4.69, 9.17) is 9.84 Å². The van der Waals surface area contributed by atoms with Gasteiger partial charge in [-0.2, -0.15) is 0 Å². The quantitative estimate of drug-likeness (QED) is 0.559. The predicted molar refractivity (Wildman–Crippen MR) is 74.7 cm³/mol. The second kappa shape index (κ2) is 11.9. The van der Waals surface area contributed by atoms with Gasteiger partial charge < -0.3 is 19.8 Å². The average Bonchev–Trinajstić information content (AvgIpc) is 2.33. The summed E-state index contributed by atoms with van der Waals surface area (Å²) in [6, 6.07) is 0. The number of hydrogen-bond donors (Lipinski definition) is 2. The Morgan fingerprint density at radius 1 is 1.22 bits per heavy atom. The molecule has 0 fully saturated rings. The minimum atomic E-state index is -0.467. The molecule has 0 aromatic carbocycles. The molecule has 0 aliphatic rings. The van der Waals surface area contributed by atoms with Crippen LogP contribution in [-0.2, 0) is 4.74 Å². The Balaban J connectivity index is 3.61. The van der Waals surface area contributed by atoms with Crippen molar-refractivity contribution in [3.63, 3.8) is 0 Å². The first-order chi connectivity index (χ1) is 8.63. The van der Waals surface area contributed by atoms with Crippen molar-refractivity contribution in [1.82, 2.24) is 4.90 Å². The zero-order valence-electron chi connectivity index (χ0n) is 12.3. The van der Waals surface area contributed by atoms with E-state index >= 15 is 0 Å². The summed E-state index contributed by atoms with van der Waals surface area (Å²) >= 11 is 0. The van der Waals surface area contributed by atoms with E-state index in [2.05, 4.69) is 13.8 Å². The third-order valence-electron chi connectivity index (χ3n) is 3.21. The van der Waals surface area contributed by atoms with Crippen LogP contribution in [0.25, 0.3) is 0 Å². The molecule has 0 radical (unpaired) electrons. The summed E-state index contributed by atoms with van der Waals surface area (Å²) in [4.78, 5) is 1.91. The van der Waals surface area contributed by atoms with Gasteiger partial charge in [0, 0.05) is 19.7 Å². The van der Waals surface area contributed by atoms with Crippen LogP contribution in [0.1, 0.15) is 39.5 Å². The van der Waals surface area contributed by atoms with Crippen LogP contribution >= 0.6 is 0 Å². The second-order valence-electron chi connectivity index (χ2n) is 5.09. The monoisotopic (exact) mass is 261 g/mol. The molecule has 2 atom stereocenters. The fraction of sp³-hybridized carbons (Fsp3) is 1.00. The zero-order valence-corrected chi connectivity index (χ0v) is 12.3. The van der Waals surface area contributed by atoms with E-state index in [1.165, 1.54) is 19.3 Å². The molecule has 0 saturated carbocycles. The Morgan fingerprint density at radius 2 is 1.94 bits per heavy atom. The minimum Gasteiger partial charge on any atom is -0.395 e. The normalized spacial score (nSPS) is 15.0. The Labute approximate surface area is 112 Å². The Morgan fingerprint density at radius 3 is 2.50 bits per heavy atom. The first kappa shape index (κ1) is 17.8. The SMILES string of the molecule is CCCCC(CC)COCC(O)CN(C)CCO. The summed E-state index contributed by atoms with van der Waals surface area (Å²) in [5, 5.41) is 18.5. The number of rotatable bonds is 12. The van der Waals surface area contributed by atoms with Crippen LogP contribution in [0.3, 0.4) is 0 Å². The lowest BCUT2D eigenvalue weighted by Gasteiger charge is -2.21. The van der Waals surface area contributed by atoms with Crippen LogP contribution in [0.5, 0.6) is 0 Å². The van der Waals surface area contributed by atoms with Crippen LogP contribution in [0.4, 0.5) is 0 Å². The van der Waals surface area contributed by atoms with Crippen molar-refractivity contribution in [3.05, 3.63) is 0 Å². The first-order valence-corrected chi connectivity index (χ1v) is 7.19. The van der Waals surface area contributed by atoms with Crippen molar-refractivity contribution < 1.29 is 14.9 Å². The van der Waals surface area contributed by atoms with E-state index in [0.29, 0.717) is 25.6 Å². The van der Waals surface area contributed by atoms with Gasteiger partial charge in [0.2, 0.25) is 0 Å². The molecule has 0 heterocycles. The number of aliphatic hydroxyl groups is 2. The van der Waals surface area contributed by atoms with Crippen molar-refractivity contribution in [2.75, 3.05) is 40.0 Å². The van der Waals surface area contributed by atoms with Gasteiger partial charge in [-0.05, 0) is 19.4 Å². The molecule has 0 spiro atoms. The first-order valence-electron chi connectivity index (χ1n) is 7.19. The molecular weight excluding hydrogens is 230 g/mol. The molecule has 4 heteroatoms. The lowest BCUT2D eigenvalue weighted by Crippen LogP contribution is -2.34. The van der Waals surface area contributed by atoms with Gasteiger partial charge in [-0.1, -0.05) is 33.1 Å². The maximum Gasteiger partial charge on any atom is 0.0900 e. The number of unbranched alkanes of at least 4 members (excludes halogenated alkanes) is 1. The van der Waals surface area contributed by atoms with Gasteiger partial charge in [-0.3, -0.25) is 0 Å². The molecule has 0 aromatic rings. The van der Waals surface area contributed by atoms with E-state index < -0.39 is 6.10 Å². The molecule has 0 rings (SSSR count). The van der Waals surface area contributed by atoms with Crippen molar-refractivity contribution in [3.8, 4) is 0 Å². The standard InChI is InChI=1S/C14H31NO3/c1-4-6-7-13(5-2)11-18-12-14(17)10-15(3)8-9-16/h13-14,16-17H,4-12H2,1-3H3. The highest BCUT2D eigenvalue weighted by Crippen LogP contribution is 2.12. The Kier molecular flexibility index (Phi) is 11.8. The molecule has 110 valence electrons. The highest BCUT2D eigenvalue weighted by Gasteiger charge is 2.10. The van der Waals surface area contributed by atoms with E-state index in [-0.39, 0.29) is 6.61 Å². The molecule has 0 bridgehead atoms. The van der Waals surface area contributed by atoms with Crippen LogP contribution < -0.4 is 0 Å². The molecular formula is C14H31NO3. The molecule has 0 aliphatic carbocycles. The van der Waals surface area contributed by atoms with Gasteiger partial charge in [0.1, 0.15) is 0 Å². The van der Waals surface area contributed by atoms with Crippen molar-refractivity contribution in [2.45, 2.75) is 45.6 Å². The summed E-state index contributed by atoms with van der Waals surface area (Å²) in [5.41, 5.74) is 0. The maximum absolute atomic E-state index is 9.76. The predicted octanol–water partition coefficient (Wildman–Crippen LogP) is 1.50. The lowest BCUT2D eigenvalue weighted by molar-refractivity contribution is 0.00475. The molecule has 18 heavy (non-hydrogen) atoms. The van der Waals surface area contributed by atoms with Crippen LogP contribution in [0, 0.1) is 5.92 Å². The summed E-state index contributed by atoms with van der Waals surface area (Å²) in [6.07, 6.45) is 4.37. The lowest BCUT2D eigenvalue weighted by atomic mass is 10.0. The van der Waals surface area contributed by atoms with Crippen molar-refractivity contribution in [2.24, 2.45) is 5.92 Å². The van der Waals surface area contributed by atoms with Crippen LogP contribution in [0.15, 0.2) is 0 Å². The smallest absolute Gasteiger partial charge is 0.0900 e. The zero-order chi connectivity index (χ0) is 13.8. The van der Waals surface area contributed by atoms with Crippen LogP contribution in [0.2, 0.25) is 0 Å². The minimum absolute atomic E-state index is 0.124. The Hall–Kier alpha value is -0.160. The third-order valence-corrected chi connectivity index (χ3v) is 3.21. The molecule has 0 amide bonds. The van der Waals surface area contributed by atoms with E-state index in [1.54, 1.807) is 0 Å². The number of likely N-dealkylation sites (N-methyl/N-ethyl adjacent to an activating group) is 1. The summed E-state index contributed by atoms with van der Waals surface area (Å²) < 4.78 is 5.59. The molecule has 0 saturated heterocycles. The number of hydrogen-bond acceptors (Lipinski definition) is 4. The molecule has 0 aromatic heterocycles. The van der Waals surface area contributed by atoms with Gasteiger partial charge in [-0.15, -0.1) is 0 Å². The highest BCUT2D eigenvalue weighted by atomic mass is 16.5. The second-order valence-corrected chi connectivity index (χ2v) is 5.09. The Bertz CT molecular complexity index is 178. The summed E-state index contributed by atoms with van der Waals surface area (Å²) in [7, 11) is 1.88. The summed E-state index contributed by atoms with van der Waals surface area (Å²) in [5.74, 6) is 0.618. The number of ether oxygens (including phenoxy) is 1. The number of aliphatic hydroxyl groups excluding tert-OH is 2. The third kappa shape index (κ3) is 9.83. The number of nitrogens with zero attached hydrogens (tertiary/aromatic N) is 1. The topological polar surface area (TPSA) is 52.9 Å². The van der Waals surface area contributed by atoms with E-state index in [1.807, 2.05) is 11.9 Å². The van der Waals surface area contributed by atoms with Gasteiger partial charge in [-0.25, -0.2) is 0 Å². The fourth-order valence-electron chi connectivity index (χ4n) is 1.94. The molecule has 2 unspecified atom stereocenters. The van der Waals surface area contributed by atoms with Gasteiger partial charge >= 0.3 is 0 Å². The largest absolute Gasteiger partial charge is 0.395 e. The molecule has 0 aliphatic heterocycles. The van der Waals surface area contributed by atoms with Crippen molar-refractivity contribution >= 4 is 0 Å². The van der Waals surface area contributed by atoms with E-state index in [9.17, 15) is 5.11 Å². The molecule has 2 N–H and O–H groups in total. The van der Waals surface area contributed by atoms with Gasteiger partial charge in [0.25, 0.3) is 0 Å².